The number of halogens is 1. The summed E-state index contributed by atoms with van der Waals surface area (Å²) in [6, 6.07) is 12.5. The fourth-order valence-corrected chi connectivity index (χ4v) is 3.11. The van der Waals surface area contributed by atoms with Crippen molar-refractivity contribution in [1.29, 1.82) is 0 Å². The second kappa shape index (κ2) is 8.24. The van der Waals surface area contributed by atoms with Crippen LogP contribution in [0.4, 0.5) is 17.1 Å². The fourth-order valence-electron chi connectivity index (χ4n) is 2.92. The lowest BCUT2D eigenvalue weighted by Gasteiger charge is -2.16. The predicted molar refractivity (Wildman–Crippen MR) is 111 cm³/mol. The van der Waals surface area contributed by atoms with Gasteiger partial charge in [0.15, 0.2) is 5.78 Å². The van der Waals surface area contributed by atoms with Crippen molar-refractivity contribution in [3.05, 3.63) is 79.6 Å². The third kappa shape index (κ3) is 4.17. The minimum absolute atomic E-state index is 0.0399. The van der Waals surface area contributed by atoms with Crippen molar-refractivity contribution in [2.24, 2.45) is 0 Å². The molecule has 0 fully saturated rings. The van der Waals surface area contributed by atoms with Crippen LogP contribution in [0.15, 0.2) is 53.3 Å². The van der Waals surface area contributed by atoms with Crippen LogP contribution < -0.4 is 10.9 Å². The number of hydrogen-bond donors (Lipinski definition) is 1. The molecule has 0 saturated heterocycles. The molecule has 1 heterocycles. The number of aromatic nitrogens is 2. The molecule has 2 aromatic carbocycles. The number of Topliss-reactive ketones (excluding diaryl/α,β-unsaturated/α-hetero) is 1. The molecule has 9 heteroatoms. The highest BCUT2D eigenvalue weighted by Gasteiger charge is 2.23. The van der Waals surface area contributed by atoms with Gasteiger partial charge in [-0.2, -0.15) is 5.10 Å². The molecule has 1 aromatic heterocycles. The van der Waals surface area contributed by atoms with E-state index in [1.54, 1.807) is 37.3 Å². The summed E-state index contributed by atoms with van der Waals surface area (Å²) in [5.41, 5.74) is 0.548. The Balaban J connectivity index is 2.29. The van der Waals surface area contributed by atoms with Crippen LogP contribution in [0.5, 0.6) is 0 Å². The van der Waals surface area contributed by atoms with Crippen LogP contribution in [0.1, 0.15) is 24.2 Å². The van der Waals surface area contributed by atoms with Gasteiger partial charge < -0.3 is 5.32 Å². The maximum atomic E-state index is 12.9. The highest BCUT2D eigenvalue weighted by atomic mass is 35.5. The molecule has 3 rings (SSSR count). The third-order valence-electron chi connectivity index (χ3n) is 4.23. The number of anilines is 2. The van der Waals surface area contributed by atoms with Crippen molar-refractivity contribution in [1.82, 2.24) is 9.78 Å². The van der Waals surface area contributed by atoms with Gasteiger partial charge >= 0.3 is 0 Å². The minimum atomic E-state index is -0.530. The van der Waals surface area contributed by atoms with Crippen LogP contribution in [-0.4, -0.2) is 20.5 Å². The second-order valence-electron chi connectivity index (χ2n) is 6.22. The van der Waals surface area contributed by atoms with E-state index in [0.29, 0.717) is 16.3 Å². The minimum Gasteiger partial charge on any atom is -0.350 e. The number of non-ortho nitro benzene ring substituents is 1. The maximum Gasteiger partial charge on any atom is 0.291 e. The first-order chi connectivity index (χ1) is 13.8. The van der Waals surface area contributed by atoms with E-state index >= 15 is 0 Å². The van der Waals surface area contributed by atoms with E-state index < -0.39 is 16.3 Å². The van der Waals surface area contributed by atoms with Crippen LogP contribution in [-0.2, 0) is 6.54 Å². The van der Waals surface area contributed by atoms with Crippen molar-refractivity contribution < 1.29 is 9.72 Å². The highest BCUT2D eigenvalue weighted by molar-refractivity contribution is 6.30. The van der Waals surface area contributed by atoms with E-state index in [1.165, 1.54) is 29.8 Å². The molecule has 29 heavy (non-hydrogen) atoms. The number of carbonyl (C=O) groups is 1. The number of aryl methyl sites for hydroxylation is 1. The van der Waals surface area contributed by atoms with Gasteiger partial charge in [-0.1, -0.05) is 29.8 Å². The van der Waals surface area contributed by atoms with Crippen LogP contribution in [0.25, 0.3) is 11.3 Å². The first-order valence-corrected chi connectivity index (χ1v) is 9.13. The summed E-state index contributed by atoms with van der Waals surface area (Å²) in [6.45, 7) is 3.31. The molecule has 0 bridgehead atoms. The van der Waals surface area contributed by atoms with Gasteiger partial charge in [-0.3, -0.25) is 19.7 Å². The van der Waals surface area contributed by atoms with Crippen molar-refractivity contribution in [2.75, 3.05) is 5.32 Å². The van der Waals surface area contributed by atoms with Gasteiger partial charge in [-0.25, -0.2) is 4.68 Å². The molecule has 3 aromatic rings. The number of hydrogen-bond acceptors (Lipinski definition) is 6. The molecule has 0 aliphatic heterocycles. The van der Waals surface area contributed by atoms with Gasteiger partial charge in [0.2, 0.25) is 0 Å². The molecule has 0 unspecified atom stereocenters. The lowest BCUT2D eigenvalue weighted by atomic mass is 10.0. The summed E-state index contributed by atoms with van der Waals surface area (Å²) >= 11 is 6.02. The quantitative estimate of drug-likeness (QED) is 0.364. The molecule has 0 saturated carbocycles. The number of nitrogens with zero attached hydrogens (tertiary/aromatic N) is 3. The van der Waals surface area contributed by atoms with Crippen molar-refractivity contribution in [3.63, 3.8) is 0 Å². The van der Waals surface area contributed by atoms with Gasteiger partial charge in [-0.15, -0.1) is 0 Å². The molecule has 0 aliphatic carbocycles. The summed E-state index contributed by atoms with van der Waals surface area (Å²) in [5, 5.41) is 18.9. The fraction of sp³-hybridized carbons (Fsp3) is 0.150. The number of rotatable bonds is 6. The Bertz CT molecular complexity index is 1170. The standard InChI is InChI=1S/C20H17ClN4O4/c1-3-24-20(27)19(22-15-8-5-7-14(21)11-15)17(12(2)26)18(23-24)13-6-4-9-16(10-13)25(28)29/h4-11,22H,3H2,1-2H3. The number of ketones is 1. The first kappa shape index (κ1) is 20.2. The molecule has 8 nitrogen and oxygen atoms in total. The number of carbonyl (C=O) groups excluding carboxylic acids is 1. The lowest BCUT2D eigenvalue weighted by Crippen LogP contribution is -2.28. The first-order valence-electron chi connectivity index (χ1n) is 8.75. The molecule has 0 aliphatic rings. The number of nitro benzene ring substituents is 1. The zero-order valence-corrected chi connectivity index (χ0v) is 16.4. The van der Waals surface area contributed by atoms with Gasteiger partial charge in [0, 0.05) is 35.0 Å². The summed E-state index contributed by atoms with van der Waals surface area (Å²) in [6.07, 6.45) is 0. The Morgan fingerprint density at radius 2 is 1.97 bits per heavy atom. The lowest BCUT2D eigenvalue weighted by molar-refractivity contribution is -0.384. The highest BCUT2D eigenvalue weighted by Crippen LogP contribution is 2.30. The van der Waals surface area contributed by atoms with Crippen molar-refractivity contribution >= 4 is 34.4 Å². The average Bonchev–Trinajstić information content (AvgIpc) is 2.69. The number of nitro groups is 1. The summed E-state index contributed by atoms with van der Waals surface area (Å²) in [4.78, 5) is 36.0. The Kier molecular flexibility index (Phi) is 5.74. The Labute approximate surface area is 170 Å². The van der Waals surface area contributed by atoms with E-state index in [9.17, 15) is 19.7 Å². The summed E-state index contributed by atoms with van der Waals surface area (Å²) < 4.78 is 1.20. The van der Waals surface area contributed by atoms with Crippen molar-refractivity contribution in [3.8, 4) is 11.3 Å². The van der Waals surface area contributed by atoms with Crippen LogP contribution in [0.2, 0.25) is 5.02 Å². The second-order valence-corrected chi connectivity index (χ2v) is 6.65. The van der Waals surface area contributed by atoms with Gasteiger partial charge in [0.05, 0.1) is 10.5 Å². The SMILES string of the molecule is CCn1nc(-c2cccc([N+](=O)[O-])c2)c(C(C)=O)c(Nc2cccc(Cl)c2)c1=O. The Hall–Kier alpha value is -3.52. The molecule has 0 radical (unpaired) electrons. The van der Waals surface area contributed by atoms with E-state index in [2.05, 4.69) is 10.4 Å². The molecule has 0 atom stereocenters. The van der Waals surface area contributed by atoms with Gasteiger partial charge in [0.25, 0.3) is 11.2 Å². The van der Waals surface area contributed by atoms with Crippen molar-refractivity contribution in [2.45, 2.75) is 20.4 Å². The topological polar surface area (TPSA) is 107 Å². The third-order valence-corrected chi connectivity index (χ3v) is 4.47. The number of nitrogens with one attached hydrogen (secondary N) is 1. The predicted octanol–water partition coefficient (Wildman–Crippen LogP) is 4.44. The summed E-state index contributed by atoms with van der Waals surface area (Å²) in [5.74, 6) is -0.399. The van der Waals surface area contributed by atoms with E-state index in [0.717, 1.165) is 0 Å². The largest absolute Gasteiger partial charge is 0.350 e. The zero-order chi connectivity index (χ0) is 21.1. The molecular weight excluding hydrogens is 396 g/mol. The van der Waals surface area contributed by atoms with Gasteiger partial charge in [0.1, 0.15) is 11.4 Å². The monoisotopic (exact) mass is 412 g/mol. The van der Waals surface area contributed by atoms with E-state index in [4.69, 9.17) is 11.6 Å². The molecule has 1 N–H and O–H groups in total. The molecule has 148 valence electrons. The number of benzene rings is 2. The maximum absolute atomic E-state index is 12.9. The van der Waals surface area contributed by atoms with E-state index in [-0.39, 0.29) is 29.2 Å². The smallest absolute Gasteiger partial charge is 0.291 e. The van der Waals surface area contributed by atoms with Gasteiger partial charge in [-0.05, 0) is 32.0 Å². The van der Waals surface area contributed by atoms with Crippen LogP contribution in [0.3, 0.4) is 0 Å². The molecule has 0 amide bonds. The van der Waals surface area contributed by atoms with Crippen LogP contribution in [0, 0.1) is 10.1 Å². The zero-order valence-electron chi connectivity index (χ0n) is 15.7. The Morgan fingerprint density at radius 3 is 2.59 bits per heavy atom. The normalized spacial score (nSPS) is 10.6. The molecule has 0 spiro atoms. The molecular formula is C20H17ClN4O4. The summed E-state index contributed by atoms with van der Waals surface area (Å²) in [7, 11) is 0. The average molecular weight is 413 g/mol. The Morgan fingerprint density at radius 1 is 1.24 bits per heavy atom. The van der Waals surface area contributed by atoms with Crippen LogP contribution >= 0.6 is 11.6 Å². The van der Waals surface area contributed by atoms with E-state index in [1.807, 2.05) is 0 Å².